The lowest BCUT2D eigenvalue weighted by Crippen LogP contribution is -2.05. The van der Waals surface area contributed by atoms with Crippen molar-refractivity contribution in [1.29, 1.82) is 0 Å². The number of halogens is 1. The Morgan fingerprint density at radius 2 is 1.70 bits per heavy atom. The highest BCUT2D eigenvalue weighted by atomic mass is 35.5. The van der Waals surface area contributed by atoms with Gasteiger partial charge in [-0.15, -0.1) is 0 Å². The van der Waals surface area contributed by atoms with Crippen LogP contribution in [0.15, 0.2) is 54.7 Å². The molecule has 2 aromatic carbocycles. The van der Waals surface area contributed by atoms with Crippen LogP contribution >= 0.6 is 11.6 Å². The second-order valence-corrected chi connectivity index (χ2v) is 6.03. The predicted molar refractivity (Wildman–Crippen MR) is 107 cm³/mol. The lowest BCUT2D eigenvalue weighted by molar-refractivity contribution is -0.114. The van der Waals surface area contributed by atoms with E-state index in [1.165, 1.54) is 6.92 Å². The SMILES string of the molecule is COc1ccc(Nc2ccnc(Nc3ccc(NC(C)=O)cc3)n2)cc1Cl. The first kappa shape index (κ1) is 18.5. The normalized spacial score (nSPS) is 10.2. The van der Waals surface area contributed by atoms with Gasteiger partial charge in [0, 0.05) is 30.2 Å². The minimum atomic E-state index is -0.114. The maximum absolute atomic E-state index is 11.1. The number of carbonyl (C=O) groups excluding carboxylic acids is 1. The van der Waals surface area contributed by atoms with Gasteiger partial charge >= 0.3 is 0 Å². The number of ether oxygens (including phenoxy) is 1. The van der Waals surface area contributed by atoms with E-state index in [-0.39, 0.29) is 5.91 Å². The summed E-state index contributed by atoms with van der Waals surface area (Å²) in [4.78, 5) is 19.7. The molecule has 0 fully saturated rings. The standard InChI is InChI=1S/C19H18ClN5O2/c1-12(26)22-13-3-5-14(6-4-13)24-19-21-10-9-18(25-19)23-15-7-8-17(27-2)16(20)11-15/h3-11H,1-2H3,(H,22,26)(H2,21,23,24,25). The third-order valence-electron chi connectivity index (χ3n) is 3.54. The van der Waals surface area contributed by atoms with E-state index in [0.29, 0.717) is 22.5 Å². The molecule has 1 heterocycles. The van der Waals surface area contributed by atoms with E-state index in [0.717, 1.165) is 17.1 Å². The Labute approximate surface area is 161 Å². The number of carbonyl (C=O) groups is 1. The Morgan fingerprint density at radius 3 is 2.37 bits per heavy atom. The van der Waals surface area contributed by atoms with E-state index in [9.17, 15) is 4.79 Å². The second-order valence-electron chi connectivity index (χ2n) is 5.62. The third kappa shape index (κ3) is 5.08. The largest absolute Gasteiger partial charge is 0.495 e. The summed E-state index contributed by atoms with van der Waals surface area (Å²) in [7, 11) is 1.57. The number of anilines is 5. The molecule has 27 heavy (non-hydrogen) atoms. The number of hydrogen-bond acceptors (Lipinski definition) is 6. The summed E-state index contributed by atoms with van der Waals surface area (Å²) in [5, 5.41) is 9.52. The fourth-order valence-corrected chi connectivity index (χ4v) is 2.61. The van der Waals surface area contributed by atoms with E-state index >= 15 is 0 Å². The molecular formula is C19H18ClN5O2. The average molecular weight is 384 g/mol. The molecule has 1 aromatic heterocycles. The van der Waals surface area contributed by atoms with Crippen LogP contribution in [0, 0.1) is 0 Å². The quantitative estimate of drug-likeness (QED) is 0.577. The molecule has 0 bridgehead atoms. The van der Waals surface area contributed by atoms with E-state index in [4.69, 9.17) is 16.3 Å². The van der Waals surface area contributed by atoms with Crippen molar-refractivity contribution in [3.63, 3.8) is 0 Å². The predicted octanol–water partition coefficient (Wildman–Crippen LogP) is 4.58. The van der Waals surface area contributed by atoms with Crippen LogP contribution in [0.2, 0.25) is 5.02 Å². The molecule has 0 saturated carbocycles. The number of nitrogens with zero attached hydrogens (tertiary/aromatic N) is 2. The molecule has 0 saturated heterocycles. The minimum Gasteiger partial charge on any atom is -0.495 e. The number of benzene rings is 2. The Balaban J connectivity index is 1.70. The van der Waals surface area contributed by atoms with Crippen molar-refractivity contribution >= 4 is 46.3 Å². The van der Waals surface area contributed by atoms with Gasteiger partial charge in [-0.05, 0) is 48.5 Å². The zero-order valence-electron chi connectivity index (χ0n) is 14.8. The third-order valence-corrected chi connectivity index (χ3v) is 3.84. The highest BCUT2D eigenvalue weighted by Crippen LogP contribution is 2.28. The van der Waals surface area contributed by atoms with Gasteiger partial charge in [-0.2, -0.15) is 4.98 Å². The first-order chi connectivity index (χ1) is 13.0. The summed E-state index contributed by atoms with van der Waals surface area (Å²) >= 11 is 6.14. The van der Waals surface area contributed by atoms with Crippen molar-refractivity contribution in [3.8, 4) is 5.75 Å². The van der Waals surface area contributed by atoms with Crippen LogP contribution < -0.4 is 20.7 Å². The van der Waals surface area contributed by atoms with E-state index in [1.807, 2.05) is 18.2 Å². The molecule has 8 heteroatoms. The summed E-state index contributed by atoms with van der Waals surface area (Å²) in [5.74, 6) is 1.54. The molecule has 3 N–H and O–H groups in total. The average Bonchev–Trinajstić information content (AvgIpc) is 2.63. The van der Waals surface area contributed by atoms with Gasteiger partial charge < -0.3 is 20.7 Å². The van der Waals surface area contributed by atoms with Crippen molar-refractivity contribution < 1.29 is 9.53 Å². The van der Waals surface area contributed by atoms with E-state index in [2.05, 4.69) is 25.9 Å². The molecule has 7 nitrogen and oxygen atoms in total. The zero-order valence-corrected chi connectivity index (χ0v) is 15.5. The number of methoxy groups -OCH3 is 1. The zero-order chi connectivity index (χ0) is 19.2. The van der Waals surface area contributed by atoms with Crippen molar-refractivity contribution in [2.45, 2.75) is 6.92 Å². The van der Waals surface area contributed by atoms with E-state index < -0.39 is 0 Å². The summed E-state index contributed by atoms with van der Waals surface area (Å²) in [6, 6.07) is 14.4. The molecule has 1 amide bonds. The van der Waals surface area contributed by atoms with Gasteiger partial charge in [-0.1, -0.05) is 11.6 Å². The van der Waals surface area contributed by atoms with Gasteiger partial charge in [0.1, 0.15) is 11.6 Å². The van der Waals surface area contributed by atoms with Crippen LogP contribution in [0.25, 0.3) is 0 Å². The van der Waals surface area contributed by atoms with Gasteiger partial charge in [0.05, 0.1) is 12.1 Å². The lowest BCUT2D eigenvalue weighted by Gasteiger charge is -2.10. The van der Waals surface area contributed by atoms with Gasteiger partial charge in [0.25, 0.3) is 0 Å². The molecule has 0 radical (unpaired) electrons. The highest BCUT2D eigenvalue weighted by Gasteiger charge is 2.05. The molecule has 0 spiro atoms. The molecule has 0 aliphatic rings. The number of amides is 1. The van der Waals surface area contributed by atoms with Gasteiger partial charge in [-0.25, -0.2) is 4.98 Å². The van der Waals surface area contributed by atoms with Crippen LogP contribution in [0.1, 0.15) is 6.92 Å². The number of hydrogen-bond donors (Lipinski definition) is 3. The van der Waals surface area contributed by atoms with Gasteiger partial charge in [-0.3, -0.25) is 4.79 Å². The maximum Gasteiger partial charge on any atom is 0.229 e. The molecule has 138 valence electrons. The fraction of sp³-hybridized carbons (Fsp3) is 0.105. The molecule has 0 unspecified atom stereocenters. The van der Waals surface area contributed by atoms with Crippen LogP contribution in [0.3, 0.4) is 0 Å². The molecule has 0 aliphatic carbocycles. The minimum absolute atomic E-state index is 0.114. The number of aromatic nitrogens is 2. The smallest absolute Gasteiger partial charge is 0.229 e. The summed E-state index contributed by atoms with van der Waals surface area (Å²) in [6.07, 6.45) is 1.65. The lowest BCUT2D eigenvalue weighted by atomic mass is 10.3. The van der Waals surface area contributed by atoms with Gasteiger partial charge in [0.2, 0.25) is 11.9 Å². The van der Waals surface area contributed by atoms with Gasteiger partial charge in [0.15, 0.2) is 0 Å². The van der Waals surface area contributed by atoms with Crippen LogP contribution in [0.4, 0.5) is 28.8 Å². The summed E-state index contributed by atoms with van der Waals surface area (Å²) < 4.78 is 5.15. The monoisotopic (exact) mass is 383 g/mol. The molecule has 0 atom stereocenters. The molecule has 3 rings (SSSR count). The van der Waals surface area contributed by atoms with Crippen molar-refractivity contribution in [2.24, 2.45) is 0 Å². The van der Waals surface area contributed by atoms with Crippen molar-refractivity contribution in [3.05, 3.63) is 59.8 Å². The molecular weight excluding hydrogens is 366 g/mol. The first-order valence-corrected chi connectivity index (χ1v) is 8.49. The first-order valence-electron chi connectivity index (χ1n) is 8.12. The Hall–Kier alpha value is -3.32. The Morgan fingerprint density at radius 1 is 1.00 bits per heavy atom. The maximum atomic E-state index is 11.1. The molecule has 0 aliphatic heterocycles. The summed E-state index contributed by atoms with van der Waals surface area (Å²) in [5.41, 5.74) is 2.31. The topological polar surface area (TPSA) is 88.2 Å². The second kappa shape index (κ2) is 8.37. The fourth-order valence-electron chi connectivity index (χ4n) is 2.35. The highest BCUT2D eigenvalue weighted by molar-refractivity contribution is 6.32. The van der Waals surface area contributed by atoms with Crippen LogP contribution in [0.5, 0.6) is 5.75 Å². The number of nitrogens with one attached hydrogen (secondary N) is 3. The van der Waals surface area contributed by atoms with Crippen molar-refractivity contribution in [2.75, 3.05) is 23.1 Å². The van der Waals surface area contributed by atoms with Crippen LogP contribution in [-0.2, 0) is 4.79 Å². The summed E-state index contributed by atoms with van der Waals surface area (Å²) in [6.45, 7) is 1.47. The van der Waals surface area contributed by atoms with Crippen LogP contribution in [-0.4, -0.2) is 23.0 Å². The van der Waals surface area contributed by atoms with Crippen molar-refractivity contribution in [1.82, 2.24) is 9.97 Å². The Kier molecular flexibility index (Phi) is 5.73. The number of rotatable bonds is 6. The Bertz CT molecular complexity index is 947. The molecule has 3 aromatic rings. The van der Waals surface area contributed by atoms with E-state index in [1.54, 1.807) is 43.6 Å².